The van der Waals surface area contributed by atoms with Crippen molar-refractivity contribution in [2.24, 2.45) is 0 Å². The fourth-order valence-electron chi connectivity index (χ4n) is 1.01. The summed E-state index contributed by atoms with van der Waals surface area (Å²) in [6.07, 6.45) is 1.48. The lowest BCUT2D eigenvalue weighted by atomic mass is 10.2. The highest BCUT2D eigenvalue weighted by Gasteiger charge is 1.93. The molecule has 0 aromatic heterocycles. The maximum absolute atomic E-state index is 8.45. The van der Waals surface area contributed by atoms with Crippen molar-refractivity contribution < 1.29 is 4.74 Å². The van der Waals surface area contributed by atoms with Crippen LogP contribution in [0, 0.1) is 11.3 Å². The summed E-state index contributed by atoms with van der Waals surface area (Å²) in [5.74, 6) is 0.878. The zero-order valence-electron chi connectivity index (χ0n) is 7.79. The molecule has 1 aromatic rings. The number of hydrogen-bond acceptors (Lipinski definition) is 2. The van der Waals surface area contributed by atoms with Gasteiger partial charge in [0.2, 0.25) is 0 Å². The second-order valence-corrected chi connectivity index (χ2v) is 2.83. The molecule has 0 N–H and O–H groups in total. The van der Waals surface area contributed by atoms with Gasteiger partial charge in [0.05, 0.1) is 19.1 Å². The lowest BCUT2D eigenvalue weighted by molar-refractivity contribution is 0.317. The van der Waals surface area contributed by atoms with Crippen LogP contribution in [0.15, 0.2) is 24.3 Å². The van der Waals surface area contributed by atoms with Gasteiger partial charge in [-0.3, -0.25) is 0 Å². The molecule has 68 valence electrons. The van der Waals surface area contributed by atoms with Gasteiger partial charge in [-0.2, -0.15) is 5.26 Å². The van der Waals surface area contributed by atoms with E-state index in [4.69, 9.17) is 10.00 Å². The largest absolute Gasteiger partial charge is 0.494 e. The van der Waals surface area contributed by atoms with E-state index in [0.717, 1.165) is 24.3 Å². The van der Waals surface area contributed by atoms with Crippen molar-refractivity contribution in [1.82, 2.24) is 0 Å². The molecule has 13 heavy (non-hydrogen) atoms. The van der Waals surface area contributed by atoms with Gasteiger partial charge in [0.15, 0.2) is 0 Å². The molecule has 0 heterocycles. The fourth-order valence-corrected chi connectivity index (χ4v) is 1.01. The predicted octanol–water partition coefficient (Wildman–Crippen LogP) is 2.54. The topological polar surface area (TPSA) is 33.0 Å². The molecule has 0 spiro atoms. The highest BCUT2D eigenvalue weighted by Crippen LogP contribution is 2.12. The van der Waals surface area contributed by atoms with Crippen LogP contribution >= 0.6 is 0 Å². The zero-order valence-corrected chi connectivity index (χ0v) is 7.79. The standard InChI is InChI=1S/C11H13NO/c1-2-9-13-11-5-3-10(4-6-11)7-8-12/h3-6H,2,7,9H2,1H3. The Morgan fingerprint density at radius 1 is 1.31 bits per heavy atom. The molecule has 0 aliphatic rings. The van der Waals surface area contributed by atoms with Crippen molar-refractivity contribution in [2.45, 2.75) is 19.8 Å². The molecular weight excluding hydrogens is 162 g/mol. The molecular formula is C11H13NO. The zero-order chi connectivity index (χ0) is 9.52. The molecule has 1 rings (SSSR count). The first kappa shape index (κ1) is 9.60. The van der Waals surface area contributed by atoms with Crippen LogP contribution in [0.3, 0.4) is 0 Å². The second kappa shape index (κ2) is 5.21. The Labute approximate surface area is 78.8 Å². The van der Waals surface area contributed by atoms with E-state index >= 15 is 0 Å². The minimum Gasteiger partial charge on any atom is -0.494 e. The number of benzene rings is 1. The van der Waals surface area contributed by atoms with E-state index in [1.807, 2.05) is 24.3 Å². The van der Waals surface area contributed by atoms with Crippen LogP contribution in [-0.4, -0.2) is 6.61 Å². The fraction of sp³-hybridized carbons (Fsp3) is 0.364. The van der Waals surface area contributed by atoms with Gasteiger partial charge in [0.1, 0.15) is 5.75 Å². The molecule has 0 unspecified atom stereocenters. The Hall–Kier alpha value is -1.49. The lowest BCUT2D eigenvalue weighted by Crippen LogP contribution is -1.94. The maximum Gasteiger partial charge on any atom is 0.119 e. The molecule has 2 heteroatoms. The van der Waals surface area contributed by atoms with E-state index in [-0.39, 0.29) is 0 Å². The number of nitriles is 1. The molecule has 0 atom stereocenters. The highest BCUT2D eigenvalue weighted by molar-refractivity contribution is 5.28. The van der Waals surface area contributed by atoms with E-state index in [1.165, 1.54) is 0 Å². The van der Waals surface area contributed by atoms with Gasteiger partial charge < -0.3 is 4.74 Å². The Bertz CT molecular complexity index is 284. The van der Waals surface area contributed by atoms with Crippen molar-refractivity contribution in [1.29, 1.82) is 5.26 Å². The highest BCUT2D eigenvalue weighted by atomic mass is 16.5. The first-order chi connectivity index (χ1) is 6.36. The van der Waals surface area contributed by atoms with E-state index in [0.29, 0.717) is 6.42 Å². The summed E-state index contributed by atoms with van der Waals surface area (Å²) >= 11 is 0. The van der Waals surface area contributed by atoms with Crippen molar-refractivity contribution in [3.8, 4) is 11.8 Å². The van der Waals surface area contributed by atoms with Crippen LogP contribution in [-0.2, 0) is 6.42 Å². The second-order valence-electron chi connectivity index (χ2n) is 2.83. The summed E-state index contributed by atoms with van der Waals surface area (Å²) in [4.78, 5) is 0. The van der Waals surface area contributed by atoms with E-state index < -0.39 is 0 Å². The summed E-state index contributed by atoms with van der Waals surface area (Å²) < 4.78 is 5.41. The summed E-state index contributed by atoms with van der Waals surface area (Å²) in [6.45, 7) is 2.82. The van der Waals surface area contributed by atoms with Gasteiger partial charge >= 0.3 is 0 Å². The Morgan fingerprint density at radius 3 is 2.54 bits per heavy atom. The predicted molar refractivity (Wildman–Crippen MR) is 51.5 cm³/mol. The van der Waals surface area contributed by atoms with Crippen LogP contribution in [0.2, 0.25) is 0 Å². The van der Waals surface area contributed by atoms with Gasteiger partial charge in [-0.05, 0) is 24.1 Å². The van der Waals surface area contributed by atoms with Gasteiger partial charge in [-0.15, -0.1) is 0 Å². The van der Waals surface area contributed by atoms with Crippen LogP contribution < -0.4 is 4.74 Å². The van der Waals surface area contributed by atoms with E-state index in [9.17, 15) is 0 Å². The van der Waals surface area contributed by atoms with Gasteiger partial charge in [0.25, 0.3) is 0 Å². The minimum absolute atomic E-state index is 0.466. The Morgan fingerprint density at radius 2 is 2.00 bits per heavy atom. The van der Waals surface area contributed by atoms with Crippen molar-refractivity contribution >= 4 is 0 Å². The molecule has 0 aliphatic heterocycles. The molecule has 0 saturated heterocycles. The molecule has 2 nitrogen and oxygen atoms in total. The monoisotopic (exact) mass is 175 g/mol. The van der Waals surface area contributed by atoms with Gasteiger partial charge in [0, 0.05) is 0 Å². The first-order valence-corrected chi connectivity index (χ1v) is 4.45. The average molecular weight is 175 g/mol. The van der Waals surface area contributed by atoms with Gasteiger partial charge in [-0.1, -0.05) is 19.1 Å². The molecule has 0 radical (unpaired) electrons. The molecule has 0 saturated carbocycles. The Kier molecular flexibility index (Phi) is 3.84. The normalized spacial score (nSPS) is 9.23. The van der Waals surface area contributed by atoms with Crippen LogP contribution in [0.5, 0.6) is 5.75 Å². The summed E-state index contributed by atoms with van der Waals surface area (Å²) in [6, 6.07) is 9.77. The number of rotatable bonds is 4. The number of nitrogens with zero attached hydrogens (tertiary/aromatic N) is 1. The lowest BCUT2D eigenvalue weighted by Gasteiger charge is -2.03. The molecule has 0 fully saturated rings. The summed E-state index contributed by atoms with van der Waals surface area (Å²) in [5, 5.41) is 8.45. The molecule has 0 amide bonds. The van der Waals surface area contributed by atoms with Crippen molar-refractivity contribution in [3.05, 3.63) is 29.8 Å². The molecule has 0 bridgehead atoms. The maximum atomic E-state index is 8.45. The van der Waals surface area contributed by atoms with E-state index in [1.54, 1.807) is 0 Å². The summed E-state index contributed by atoms with van der Waals surface area (Å²) in [5.41, 5.74) is 1.03. The van der Waals surface area contributed by atoms with Crippen molar-refractivity contribution in [2.75, 3.05) is 6.61 Å². The summed E-state index contributed by atoms with van der Waals surface area (Å²) in [7, 11) is 0. The minimum atomic E-state index is 0.466. The smallest absolute Gasteiger partial charge is 0.119 e. The number of ether oxygens (including phenoxy) is 1. The van der Waals surface area contributed by atoms with Crippen LogP contribution in [0.1, 0.15) is 18.9 Å². The average Bonchev–Trinajstić information content (AvgIpc) is 2.17. The van der Waals surface area contributed by atoms with Crippen LogP contribution in [0.4, 0.5) is 0 Å². The van der Waals surface area contributed by atoms with Crippen LogP contribution in [0.25, 0.3) is 0 Å². The van der Waals surface area contributed by atoms with Crippen molar-refractivity contribution in [3.63, 3.8) is 0 Å². The Balaban J connectivity index is 2.55. The first-order valence-electron chi connectivity index (χ1n) is 4.45. The third-order valence-electron chi connectivity index (χ3n) is 1.68. The van der Waals surface area contributed by atoms with E-state index in [2.05, 4.69) is 13.0 Å². The number of hydrogen-bond donors (Lipinski definition) is 0. The molecule has 0 aliphatic carbocycles. The third-order valence-corrected chi connectivity index (χ3v) is 1.68. The third kappa shape index (κ3) is 3.16. The van der Waals surface area contributed by atoms with Gasteiger partial charge in [-0.25, -0.2) is 0 Å². The quantitative estimate of drug-likeness (QED) is 0.704. The SMILES string of the molecule is CCCOc1ccc(CC#N)cc1. The molecule has 1 aromatic carbocycles.